The van der Waals surface area contributed by atoms with Gasteiger partial charge >= 0.3 is 0 Å². The van der Waals surface area contributed by atoms with Gasteiger partial charge in [0.15, 0.2) is 0 Å². The third-order valence-electron chi connectivity index (χ3n) is 3.74. The second-order valence-electron chi connectivity index (χ2n) is 6.31. The first-order valence-corrected chi connectivity index (χ1v) is 8.15. The van der Waals surface area contributed by atoms with Crippen LogP contribution in [0.2, 0.25) is 0 Å². The van der Waals surface area contributed by atoms with Crippen molar-refractivity contribution in [2.45, 2.75) is 33.6 Å². The third-order valence-corrected chi connectivity index (χ3v) is 3.74. The van der Waals surface area contributed by atoms with Crippen molar-refractivity contribution in [2.75, 3.05) is 27.2 Å². The third kappa shape index (κ3) is 3.97. The summed E-state index contributed by atoms with van der Waals surface area (Å²) in [5, 5.41) is 7.63. The highest BCUT2D eigenvalue weighted by Gasteiger charge is 2.22. The van der Waals surface area contributed by atoms with Crippen LogP contribution in [0.25, 0.3) is 5.95 Å². The number of nitrogens with one attached hydrogen (secondary N) is 1. The lowest BCUT2D eigenvalue weighted by Crippen LogP contribution is -2.33. The van der Waals surface area contributed by atoms with Crippen molar-refractivity contribution in [1.82, 2.24) is 30.0 Å². The van der Waals surface area contributed by atoms with Crippen molar-refractivity contribution in [3.8, 4) is 5.95 Å². The fourth-order valence-electron chi connectivity index (χ4n) is 2.48. The Bertz CT molecular complexity index is 702. The van der Waals surface area contributed by atoms with Crippen LogP contribution in [0.3, 0.4) is 0 Å². The number of rotatable bonds is 6. The molecule has 1 N–H and O–H groups in total. The topological polar surface area (TPSA) is 75.9 Å². The van der Waals surface area contributed by atoms with Gasteiger partial charge in [-0.2, -0.15) is 5.10 Å². The summed E-state index contributed by atoms with van der Waals surface area (Å²) in [5.74, 6) is 0.588. The lowest BCUT2D eigenvalue weighted by Gasteiger charge is -2.17. The molecule has 0 saturated heterocycles. The molecule has 2 rings (SSSR count). The first-order valence-electron chi connectivity index (χ1n) is 8.15. The zero-order valence-electron chi connectivity index (χ0n) is 15.3. The highest BCUT2D eigenvalue weighted by atomic mass is 16.2. The van der Waals surface area contributed by atoms with Crippen molar-refractivity contribution in [3.63, 3.8) is 0 Å². The molecule has 0 aromatic carbocycles. The van der Waals surface area contributed by atoms with Crippen molar-refractivity contribution < 1.29 is 4.79 Å². The second kappa shape index (κ2) is 7.53. The highest BCUT2D eigenvalue weighted by Crippen LogP contribution is 2.20. The van der Waals surface area contributed by atoms with Crippen LogP contribution in [0.5, 0.6) is 0 Å². The Balaban J connectivity index is 2.42. The maximum atomic E-state index is 12.8. The summed E-state index contributed by atoms with van der Waals surface area (Å²) >= 11 is 0. The Kier molecular flexibility index (Phi) is 5.66. The van der Waals surface area contributed by atoms with Crippen LogP contribution in [0, 0.1) is 13.8 Å². The van der Waals surface area contributed by atoms with E-state index in [4.69, 9.17) is 0 Å². The van der Waals surface area contributed by atoms with Crippen molar-refractivity contribution in [1.29, 1.82) is 0 Å². The van der Waals surface area contributed by atoms with Gasteiger partial charge in [-0.15, -0.1) is 0 Å². The molecule has 0 fully saturated rings. The lowest BCUT2D eigenvalue weighted by atomic mass is 10.1. The van der Waals surface area contributed by atoms with Gasteiger partial charge < -0.3 is 10.2 Å². The molecule has 0 spiro atoms. The summed E-state index contributed by atoms with van der Waals surface area (Å²) in [7, 11) is 3.67. The van der Waals surface area contributed by atoms with Gasteiger partial charge in [0.25, 0.3) is 11.9 Å². The van der Waals surface area contributed by atoms with E-state index >= 15 is 0 Å². The van der Waals surface area contributed by atoms with Crippen LogP contribution in [0.4, 0.5) is 0 Å². The molecule has 0 radical (unpaired) electrons. The largest absolute Gasteiger partial charge is 0.340 e. The monoisotopic (exact) mass is 330 g/mol. The molecule has 0 aliphatic rings. The molecule has 130 valence electrons. The van der Waals surface area contributed by atoms with Crippen LogP contribution in [-0.2, 0) is 0 Å². The summed E-state index contributed by atoms with van der Waals surface area (Å²) in [6.07, 6.45) is 1.74. The first kappa shape index (κ1) is 18.1. The molecular weight excluding hydrogens is 304 g/mol. The maximum absolute atomic E-state index is 12.8. The molecule has 7 heteroatoms. The Morgan fingerprint density at radius 3 is 2.46 bits per heavy atom. The van der Waals surface area contributed by atoms with Crippen molar-refractivity contribution in [3.05, 3.63) is 34.9 Å². The van der Waals surface area contributed by atoms with Gasteiger partial charge in [0.05, 0.1) is 11.3 Å². The van der Waals surface area contributed by atoms with E-state index in [0.29, 0.717) is 18.1 Å². The lowest BCUT2D eigenvalue weighted by molar-refractivity contribution is 0.0795. The second-order valence-corrected chi connectivity index (χ2v) is 6.31. The quantitative estimate of drug-likeness (QED) is 0.872. The van der Waals surface area contributed by atoms with E-state index in [0.717, 1.165) is 23.6 Å². The fourth-order valence-corrected chi connectivity index (χ4v) is 2.48. The molecule has 1 amide bonds. The number of nitrogens with zero attached hydrogens (tertiary/aromatic N) is 5. The van der Waals surface area contributed by atoms with E-state index in [-0.39, 0.29) is 11.8 Å². The van der Waals surface area contributed by atoms with Gasteiger partial charge in [-0.25, -0.2) is 14.6 Å². The number of carbonyl (C=O) groups is 1. The Morgan fingerprint density at radius 1 is 1.29 bits per heavy atom. The molecule has 0 aliphatic carbocycles. The van der Waals surface area contributed by atoms with E-state index in [1.165, 1.54) is 0 Å². The van der Waals surface area contributed by atoms with Crippen molar-refractivity contribution >= 4 is 5.91 Å². The minimum Gasteiger partial charge on any atom is -0.340 e. The minimum absolute atomic E-state index is 0.0374. The molecule has 7 nitrogen and oxygen atoms in total. The summed E-state index contributed by atoms with van der Waals surface area (Å²) in [5.41, 5.74) is 3.11. The first-order chi connectivity index (χ1) is 11.3. The molecule has 0 unspecified atom stereocenters. The molecule has 24 heavy (non-hydrogen) atoms. The van der Waals surface area contributed by atoms with Crippen LogP contribution >= 0.6 is 0 Å². The zero-order chi connectivity index (χ0) is 17.9. The smallest absolute Gasteiger partial charge is 0.257 e. The fraction of sp³-hybridized carbons (Fsp3) is 0.529. The van der Waals surface area contributed by atoms with Crippen LogP contribution in [-0.4, -0.2) is 57.7 Å². The number of likely N-dealkylation sites (N-methyl/N-ethyl adjacent to an activating group) is 2. The number of carbonyl (C=O) groups excluding carboxylic acids is 1. The molecule has 0 atom stereocenters. The normalized spacial score (nSPS) is 11.1. The van der Waals surface area contributed by atoms with Gasteiger partial charge in [-0.05, 0) is 32.9 Å². The average Bonchev–Trinajstić information content (AvgIpc) is 2.96. The number of hydrogen-bond acceptors (Lipinski definition) is 5. The molecule has 2 heterocycles. The molecule has 0 saturated carbocycles. The van der Waals surface area contributed by atoms with Gasteiger partial charge in [0.2, 0.25) is 0 Å². The Hall–Kier alpha value is -2.28. The van der Waals surface area contributed by atoms with Crippen molar-refractivity contribution in [2.24, 2.45) is 0 Å². The number of aryl methyl sites for hydroxylation is 2. The van der Waals surface area contributed by atoms with E-state index in [9.17, 15) is 4.79 Å². The molecule has 0 aliphatic heterocycles. The summed E-state index contributed by atoms with van der Waals surface area (Å²) in [6.45, 7) is 9.27. The molecule has 0 bridgehead atoms. The maximum Gasteiger partial charge on any atom is 0.257 e. The number of aromatic nitrogens is 4. The average molecular weight is 330 g/mol. The summed E-state index contributed by atoms with van der Waals surface area (Å²) in [4.78, 5) is 23.3. The Labute approximate surface area is 143 Å². The summed E-state index contributed by atoms with van der Waals surface area (Å²) < 4.78 is 1.61. The van der Waals surface area contributed by atoms with Gasteiger partial charge in [0, 0.05) is 37.7 Å². The zero-order valence-corrected chi connectivity index (χ0v) is 15.3. The van der Waals surface area contributed by atoms with Gasteiger partial charge in [-0.1, -0.05) is 13.8 Å². The van der Waals surface area contributed by atoms with Gasteiger partial charge in [-0.3, -0.25) is 4.79 Å². The standard InChI is InChI=1S/C17H26N6O/c1-11(2)15-14(16(24)22(6)8-7-18-5)10-23(21-15)17-19-12(3)9-13(4)20-17/h9-11,18H,7-8H2,1-6H3. The predicted octanol–water partition coefficient (Wildman–Crippen LogP) is 1.69. The number of hydrogen-bond donors (Lipinski definition) is 1. The molecule has 2 aromatic heterocycles. The van der Waals surface area contributed by atoms with E-state index < -0.39 is 0 Å². The molecular formula is C17H26N6O. The molecule has 2 aromatic rings. The SMILES string of the molecule is CNCCN(C)C(=O)c1cn(-c2nc(C)cc(C)n2)nc1C(C)C. The Morgan fingerprint density at radius 2 is 1.92 bits per heavy atom. The van der Waals surface area contributed by atoms with Crippen LogP contribution < -0.4 is 5.32 Å². The van der Waals surface area contributed by atoms with Crippen LogP contribution in [0.15, 0.2) is 12.3 Å². The van der Waals surface area contributed by atoms with E-state index in [1.54, 1.807) is 22.8 Å². The highest BCUT2D eigenvalue weighted by molar-refractivity contribution is 5.95. The van der Waals surface area contributed by atoms with Crippen LogP contribution in [0.1, 0.15) is 47.2 Å². The van der Waals surface area contributed by atoms with E-state index in [1.807, 2.05) is 40.8 Å². The minimum atomic E-state index is -0.0374. The summed E-state index contributed by atoms with van der Waals surface area (Å²) in [6, 6.07) is 1.91. The van der Waals surface area contributed by atoms with Gasteiger partial charge in [0.1, 0.15) is 0 Å². The van der Waals surface area contributed by atoms with E-state index in [2.05, 4.69) is 20.4 Å². The number of amides is 1. The predicted molar refractivity (Wildman–Crippen MR) is 93.6 cm³/mol.